The molecule has 5 nitrogen and oxygen atoms in total. The van der Waals surface area contributed by atoms with Gasteiger partial charge in [0.15, 0.2) is 0 Å². The van der Waals surface area contributed by atoms with Crippen LogP contribution >= 0.6 is 0 Å². The van der Waals surface area contributed by atoms with Gasteiger partial charge in [0.25, 0.3) is 0 Å². The van der Waals surface area contributed by atoms with Crippen molar-refractivity contribution < 1.29 is 14.3 Å². The molecule has 1 saturated heterocycles. The molecule has 1 aliphatic rings. The Kier molecular flexibility index (Phi) is 4.98. The van der Waals surface area contributed by atoms with Gasteiger partial charge in [-0.25, -0.2) is 4.79 Å². The minimum absolute atomic E-state index is 0.0250. The Morgan fingerprint density at radius 1 is 1.45 bits per heavy atom. The van der Waals surface area contributed by atoms with Crippen molar-refractivity contribution in [2.75, 3.05) is 19.6 Å². The topological polar surface area (TPSA) is 59.6 Å². The minimum atomic E-state index is -0.416. The molecule has 2 N–H and O–H groups in total. The molecular formula is C15H22N2O3. The SMILES string of the molecule is CC1(C)CNC[C@H](CNC(=O)OCc2ccccc2)O1. The van der Waals surface area contributed by atoms with Crippen LogP contribution in [0.1, 0.15) is 19.4 Å². The lowest BCUT2D eigenvalue weighted by Gasteiger charge is -2.36. The molecule has 1 fully saturated rings. The molecule has 5 heteroatoms. The van der Waals surface area contributed by atoms with Crippen molar-refractivity contribution in [3.05, 3.63) is 35.9 Å². The summed E-state index contributed by atoms with van der Waals surface area (Å²) in [5, 5.41) is 6.02. The van der Waals surface area contributed by atoms with E-state index >= 15 is 0 Å². The third kappa shape index (κ3) is 4.83. The van der Waals surface area contributed by atoms with E-state index in [2.05, 4.69) is 10.6 Å². The third-order valence-corrected chi connectivity index (χ3v) is 3.10. The van der Waals surface area contributed by atoms with E-state index in [-0.39, 0.29) is 18.3 Å². The number of amides is 1. The fourth-order valence-corrected chi connectivity index (χ4v) is 2.15. The van der Waals surface area contributed by atoms with E-state index in [4.69, 9.17) is 9.47 Å². The number of hydrogen-bond donors (Lipinski definition) is 2. The van der Waals surface area contributed by atoms with Crippen molar-refractivity contribution in [1.82, 2.24) is 10.6 Å². The van der Waals surface area contributed by atoms with Crippen molar-refractivity contribution in [3.63, 3.8) is 0 Å². The van der Waals surface area contributed by atoms with Crippen LogP contribution in [0.25, 0.3) is 0 Å². The molecule has 1 heterocycles. The van der Waals surface area contributed by atoms with Gasteiger partial charge in [-0.3, -0.25) is 0 Å². The molecular weight excluding hydrogens is 256 g/mol. The number of nitrogens with one attached hydrogen (secondary N) is 2. The fourth-order valence-electron chi connectivity index (χ4n) is 2.15. The van der Waals surface area contributed by atoms with Crippen LogP contribution in [-0.2, 0) is 16.1 Å². The van der Waals surface area contributed by atoms with Crippen molar-refractivity contribution in [2.45, 2.75) is 32.2 Å². The Morgan fingerprint density at radius 2 is 2.20 bits per heavy atom. The summed E-state index contributed by atoms with van der Waals surface area (Å²) >= 11 is 0. The van der Waals surface area contributed by atoms with Crippen LogP contribution < -0.4 is 10.6 Å². The molecule has 0 saturated carbocycles. The smallest absolute Gasteiger partial charge is 0.407 e. The molecule has 1 amide bonds. The van der Waals surface area contributed by atoms with E-state index in [9.17, 15) is 4.79 Å². The highest BCUT2D eigenvalue weighted by atomic mass is 16.5. The van der Waals surface area contributed by atoms with E-state index < -0.39 is 6.09 Å². The maximum Gasteiger partial charge on any atom is 0.407 e. The van der Waals surface area contributed by atoms with Gasteiger partial charge in [0.05, 0.1) is 11.7 Å². The van der Waals surface area contributed by atoms with Gasteiger partial charge >= 0.3 is 6.09 Å². The summed E-state index contributed by atoms with van der Waals surface area (Å²) in [5.74, 6) is 0. The van der Waals surface area contributed by atoms with Gasteiger partial charge < -0.3 is 20.1 Å². The first kappa shape index (κ1) is 14.8. The standard InChI is InChI=1S/C15H22N2O3/c1-15(2)11-16-8-13(20-15)9-17-14(18)19-10-12-6-4-3-5-7-12/h3-7,13,16H,8-11H2,1-2H3,(H,17,18)/t13-/m1/s1. The first-order valence-electron chi connectivity index (χ1n) is 6.88. The number of alkyl carbamates (subject to hydrolysis) is 1. The molecule has 1 aromatic rings. The molecule has 0 aliphatic carbocycles. The second kappa shape index (κ2) is 6.72. The predicted octanol–water partition coefficient (Wildman–Crippen LogP) is 1.68. The van der Waals surface area contributed by atoms with Gasteiger partial charge in [-0.15, -0.1) is 0 Å². The molecule has 2 rings (SSSR count). The van der Waals surface area contributed by atoms with Crippen molar-refractivity contribution in [2.24, 2.45) is 0 Å². The lowest BCUT2D eigenvalue weighted by molar-refractivity contribution is -0.0915. The third-order valence-electron chi connectivity index (χ3n) is 3.10. The largest absolute Gasteiger partial charge is 0.445 e. The Bertz CT molecular complexity index is 434. The summed E-state index contributed by atoms with van der Waals surface area (Å²) in [6, 6.07) is 9.60. The van der Waals surface area contributed by atoms with Crippen molar-refractivity contribution >= 4 is 6.09 Å². The predicted molar refractivity (Wildman–Crippen MR) is 76.5 cm³/mol. The molecule has 0 aromatic heterocycles. The normalized spacial score (nSPS) is 21.2. The summed E-state index contributed by atoms with van der Waals surface area (Å²) in [7, 11) is 0. The van der Waals surface area contributed by atoms with Crippen molar-refractivity contribution in [3.8, 4) is 0 Å². The van der Waals surface area contributed by atoms with Crippen LogP contribution in [-0.4, -0.2) is 37.4 Å². The van der Waals surface area contributed by atoms with Crippen LogP contribution in [0.5, 0.6) is 0 Å². The highest BCUT2D eigenvalue weighted by Gasteiger charge is 2.28. The van der Waals surface area contributed by atoms with Crippen molar-refractivity contribution in [1.29, 1.82) is 0 Å². The molecule has 0 bridgehead atoms. The van der Waals surface area contributed by atoms with Crippen LogP contribution in [0.3, 0.4) is 0 Å². The van der Waals surface area contributed by atoms with E-state index in [0.29, 0.717) is 6.54 Å². The first-order chi connectivity index (χ1) is 9.55. The molecule has 0 radical (unpaired) electrons. The summed E-state index contributed by atoms with van der Waals surface area (Å²) in [6.07, 6.45) is -0.441. The number of rotatable bonds is 4. The maximum absolute atomic E-state index is 11.6. The monoisotopic (exact) mass is 278 g/mol. The van der Waals surface area contributed by atoms with Gasteiger partial charge in [0.2, 0.25) is 0 Å². The zero-order valence-corrected chi connectivity index (χ0v) is 12.0. The second-order valence-electron chi connectivity index (χ2n) is 5.57. The highest BCUT2D eigenvalue weighted by molar-refractivity contribution is 5.67. The highest BCUT2D eigenvalue weighted by Crippen LogP contribution is 2.14. The molecule has 110 valence electrons. The Balaban J connectivity index is 1.67. The molecule has 20 heavy (non-hydrogen) atoms. The van der Waals surface area contributed by atoms with E-state index in [1.165, 1.54) is 0 Å². The average Bonchev–Trinajstić information content (AvgIpc) is 2.43. The van der Waals surface area contributed by atoms with Gasteiger partial charge in [0, 0.05) is 19.6 Å². The summed E-state index contributed by atoms with van der Waals surface area (Å²) in [6.45, 7) is 6.34. The number of carbonyl (C=O) groups excluding carboxylic acids is 1. The van der Waals surface area contributed by atoms with Gasteiger partial charge in [-0.2, -0.15) is 0 Å². The summed E-state index contributed by atoms with van der Waals surface area (Å²) < 4.78 is 11.0. The molecule has 0 unspecified atom stereocenters. The summed E-state index contributed by atoms with van der Waals surface area (Å²) in [4.78, 5) is 11.6. The van der Waals surface area contributed by atoms with Crippen LogP contribution in [0.15, 0.2) is 30.3 Å². The lowest BCUT2D eigenvalue weighted by Crippen LogP contribution is -2.53. The zero-order chi connectivity index (χ0) is 14.4. The average molecular weight is 278 g/mol. The molecule has 1 atom stereocenters. The number of ether oxygens (including phenoxy) is 2. The molecule has 1 aromatic carbocycles. The number of hydrogen-bond acceptors (Lipinski definition) is 4. The molecule has 0 spiro atoms. The van der Waals surface area contributed by atoms with E-state index in [1.807, 2.05) is 44.2 Å². The first-order valence-corrected chi connectivity index (χ1v) is 6.88. The maximum atomic E-state index is 11.6. The number of carbonyl (C=O) groups is 1. The van der Waals surface area contributed by atoms with Crippen LogP contribution in [0.4, 0.5) is 4.79 Å². The fraction of sp³-hybridized carbons (Fsp3) is 0.533. The second-order valence-corrected chi connectivity index (χ2v) is 5.57. The summed E-state index contributed by atoms with van der Waals surface area (Å²) in [5.41, 5.74) is 0.776. The molecule has 1 aliphatic heterocycles. The van der Waals surface area contributed by atoms with Crippen LogP contribution in [0, 0.1) is 0 Å². The zero-order valence-electron chi connectivity index (χ0n) is 12.0. The van der Waals surface area contributed by atoms with E-state index in [0.717, 1.165) is 18.7 Å². The minimum Gasteiger partial charge on any atom is -0.445 e. The van der Waals surface area contributed by atoms with Gasteiger partial charge in [0.1, 0.15) is 6.61 Å². The lowest BCUT2D eigenvalue weighted by atomic mass is 10.1. The van der Waals surface area contributed by atoms with Gasteiger partial charge in [-0.1, -0.05) is 30.3 Å². The quantitative estimate of drug-likeness (QED) is 0.880. The van der Waals surface area contributed by atoms with Gasteiger partial charge in [-0.05, 0) is 19.4 Å². The Morgan fingerprint density at radius 3 is 2.90 bits per heavy atom. The van der Waals surface area contributed by atoms with E-state index in [1.54, 1.807) is 0 Å². The number of morpholine rings is 1. The van der Waals surface area contributed by atoms with Crippen LogP contribution in [0.2, 0.25) is 0 Å². The Labute approximate surface area is 119 Å². The Hall–Kier alpha value is -1.59. The number of benzene rings is 1.